The maximum Gasteiger partial charge on any atom is 0.317 e. The number of rotatable bonds is 21. The normalized spacial score (nSPS) is 16.5. The van der Waals surface area contributed by atoms with E-state index >= 15 is 0 Å². The van der Waals surface area contributed by atoms with Crippen LogP contribution in [-0.4, -0.2) is 197 Å². The first-order valence-electron chi connectivity index (χ1n) is 14.3. The van der Waals surface area contributed by atoms with E-state index in [9.17, 15) is 34.5 Å². The van der Waals surface area contributed by atoms with Gasteiger partial charge in [0, 0.05) is 58.9 Å². The van der Waals surface area contributed by atoms with Crippen LogP contribution in [0.25, 0.3) is 0 Å². The van der Waals surface area contributed by atoms with Crippen molar-refractivity contribution in [2.45, 2.75) is 0 Å². The Kier molecular flexibility index (Phi) is 21.8. The lowest BCUT2D eigenvalue weighted by Crippen LogP contribution is -2.50. The summed E-state index contributed by atoms with van der Waals surface area (Å²) >= 11 is 0. The van der Waals surface area contributed by atoms with Crippen molar-refractivity contribution in [3.8, 4) is 12.3 Å². The maximum atomic E-state index is 12.6. The average molecular weight is 618 g/mol. The molecule has 0 aromatic carbocycles. The van der Waals surface area contributed by atoms with Crippen LogP contribution in [0.5, 0.6) is 0 Å². The van der Waals surface area contributed by atoms with Crippen LogP contribution < -0.4 is 5.32 Å². The van der Waals surface area contributed by atoms with Gasteiger partial charge in [0.05, 0.1) is 72.4 Å². The molecular weight excluding hydrogens is 570 g/mol. The number of hydrogen-bond acceptors (Lipinski definition) is 12. The topological polar surface area (TPSA) is 191 Å². The van der Waals surface area contributed by atoms with Crippen molar-refractivity contribution < 1.29 is 53.4 Å². The summed E-state index contributed by atoms with van der Waals surface area (Å²) in [4.78, 5) is 53.6. The molecule has 0 radical (unpaired) electrons. The maximum absolute atomic E-state index is 12.6. The minimum Gasteiger partial charge on any atom is -0.480 e. The van der Waals surface area contributed by atoms with Gasteiger partial charge in [-0.05, 0) is 0 Å². The molecule has 16 nitrogen and oxygen atoms in total. The molecule has 1 amide bonds. The summed E-state index contributed by atoms with van der Waals surface area (Å²) in [6.45, 7) is 5.34. The van der Waals surface area contributed by atoms with E-state index in [1.165, 1.54) is 0 Å². The Morgan fingerprint density at radius 2 is 0.884 bits per heavy atom. The van der Waals surface area contributed by atoms with Gasteiger partial charge in [0.2, 0.25) is 5.91 Å². The van der Waals surface area contributed by atoms with Gasteiger partial charge >= 0.3 is 17.9 Å². The first kappa shape index (κ1) is 38.1. The summed E-state index contributed by atoms with van der Waals surface area (Å²) in [5, 5.41) is 30.7. The van der Waals surface area contributed by atoms with E-state index in [0.717, 1.165) is 0 Å². The molecule has 0 unspecified atom stereocenters. The lowest BCUT2D eigenvalue weighted by Gasteiger charge is -2.32. The number of hydrogen-bond donors (Lipinski definition) is 4. The number of carboxylic acids is 3. The molecule has 1 fully saturated rings. The van der Waals surface area contributed by atoms with E-state index in [0.29, 0.717) is 105 Å². The molecule has 1 rings (SSSR count). The summed E-state index contributed by atoms with van der Waals surface area (Å²) in [5.74, 6) is -0.894. The molecule has 0 saturated carbocycles. The Hall–Kier alpha value is -2.88. The number of amides is 1. The SMILES string of the molecule is C#CCOCCOCCOCCOCCNC(=O)CN1CCN(CC(=O)O)CCN(CC(=O)O)CCN(CC(=O)O)CC1. The van der Waals surface area contributed by atoms with Crippen molar-refractivity contribution in [3.05, 3.63) is 0 Å². The van der Waals surface area contributed by atoms with Crippen LogP contribution in [-0.2, 0) is 38.1 Å². The molecule has 246 valence electrons. The number of carboxylic acid groups (broad SMARTS) is 3. The molecular formula is C27H47N5O11. The van der Waals surface area contributed by atoms with Crippen molar-refractivity contribution in [3.63, 3.8) is 0 Å². The summed E-state index contributed by atoms with van der Waals surface area (Å²) in [7, 11) is 0. The van der Waals surface area contributed by atoms with Crippen LogP contribution in [0.2, 0.25) is 0 Å². The third kappa shape index (κ3) is 22.3. The number of terminal acetylenes is 1. The zero-order chi connectivity index (χ0) is 31.7. The van der Waals surface area contributed by atoms with E-state index in [-0.39, 0.29) is 38.7 Å². The summed E-state index contributed by atoms with van der Waals surface area (Å²) in [6, 6.07) is 0. The largest absolute Gasteiger partial charge is 0.480 e. The van der Waals surface area contributed by atoms with Crippen LogP contribution in [0, 0.1) is 12.3 Å². The molecule has 0 bridgehead atoms. The highest BCUT2D eigenvalue weighted by Gasteiger charge is 2.21. The van der Waals surface area contributed by atoms with Crippen LogP contribution >= 0.6 is 0 Å². The van der Waals surface area contributed by atoms with E-state index in [2.05, 4.69) is 11.2 Å². The van der Waals surface area contributed by atoms with Crippen molar-refractivity contribution in [1.29, 1.82) is 0 Å². The third-order valence-corrected chi connectivity index (χ3v) is 6.24. The van der Waals surface area contributed by atoms with Gasteiger partial charge in [-0.1, -0.05) is 5.92 Å². The lowest BCUT2D eigenvalue weighted by molar-refractivity contribution is -0.140. The van der Waals surface area contributed by atoms with Gasteiger partial charge < -0.3 is 39.6 Å². The average Bonchev–Trinajstić information content (AvgIpc) is 2.93. The lowest BCUT2D eigenvalue weighted by atomic mass is 10.3. The predicted octanol–water partition coefficient (Wildman–Crippen LogP) is -2.72. The Labute approximate surface area is 252 Å². The highest BCUT2D eigenvalue weighted by Crippen LogP contribution is 2.01. The molecule has 0 aromatic heterocycles. The minimum absolute atomic E-state index is 0.0455. The standard InChI is InChI=1S/C27H47N5O11/c1-2-12-40-14-16-42-18-19-43-17-15-41-13-3-28-24(33)20-29-4-6-30(21-25(34)35)8-10-32(23-27(38)39)11-9-31(7-5-29)22-26(36)37/h1H,3-23H2,(H,28,33)(H,34,35)(H,36,37)(H,38,39). The van der Waals surface area contributed by atoms with Crippen molar-refractivity contribution in [2.75, 3.05) is 138 Å². The molecule has 16 heteroatoms. The quantitative estimate of drug-likeness (QED) is 0.0767. The zero-order valence-electron chi connectivity index (χ0n) is 24.8. The molecule has 1 heterocycles. The fourth-order valence-electron chi connectivity index (χ4n) is 4.10. The highest BCUT2D eigenvalue weighted by atomic mass is 16.6. The molecule has 0 aromatic rings. The zero-order valence-corrected chi connectivity index (χ0v) is 24.8. The first-order valence-corrected chi connectivity index (χ1v) is 14.3. The second-order valence-corrected chi connectivity index (χ2v) is 9.73. The van der Waals surface area contributed by atoms with Crippen LogP contribution in [0.1, 0.15) is 0 Å². The summed E-state index contributed by atoms with van der Waals surface area (Å²) in [6.07, 6.45) is 5.08. The van der Waals surface area contributed by atoms with Crippen molar-refractivity contribution in [1.82, 2.24) is 24.9 Å². The van der Waals surface area contributed by atoms with Crippen LogP contribution in [0.3, 0.4) is 0 Å². The van der Waals surface area contributed by atoms with Gasteiger partial charge in [-0.15, -0.1) is 6.42 Å². The second kappa shape index (κ2) is 24.6. The minimum atomic E-state index is -1.02. The van der Waals surface area contributed by atoms with Crippen molar-refractivity contribution >= 4 is 23.8 Å². The number of nitrogens with one attached hydrogen (secondary N) is 1. The third-order valence-electron chi connectivity index (χ3n) is 6.24. The molecule has 0 atom stereocenters. The van der Waals surface area contributed by atoms with E-state index in [1.54, 1.807) is 14.7 Å². The van der Waals surface area contributed by atoms with Gasteiger partial charge in [0.15, 0.2) is 0 Å². The number of aliphatic carboxylic acids is 3. The Morgan fingerprint density at radius 3 is 1.23 bits per heavy atom. The van der Waals surface area contributed by atoms with E-state index < -0.39 is 17.9 Å². The number of carbonyl (C=O) groups excluding carboxylic acids is 1. The molecule has 1 aliphatic rings. The number of ether oxygens (including phenoxy) is 4. The monoisotopic (exact) mass is 617 g/mol. The van der Waals surface area contributed by atoms with Crippen LogP contribution in [0.15, 0.2) is 0 Å². The van der Waals surface area contributed by atoms with E-state index in [1.807, 2.05) is 4.90 Å². The summed E-state index contributed by atoms with van der Waals surface area (Å²) < 4.78 is 21.3. The molecule has 43 heavy (non-hydrogen) atoms. The first-order chi connectivity index (χ1) is 20.7. The van der Waals surface area contributed by atoms with Crippen LogP contribution in [0.4, 0.5) is 0 Å². The fraction of sp³-hybridized carbons (Fsp3) is 0.778. The summed E-state index contributed by atoms with van der Waals surface area (Å²) in [5.41, 5.74) is 0. The number of carbonyl (C=O) groups is 4. The van der Waals surface area contributed by atoms with Gasteiger partial charge in [-0.25, -0.2) is 0 Å². The smallest absolute Gasteiger partial charge is 0.317 e. The molecule has 1 aliphatic heterocycles. The van der Waals surface area contributed by atoms with Gasteiger partial charge in [-0.2, -0.15) is 0 Å². The van der Waals surface area contributed by atoms with E-state index in [4.69, 9.17) is 25.4 Å². The Bertz CT molecular complexity index is 826. The second-order valence-electron chi connectivity index (χ2n) is 9.73. The molecule has 1 saturated heterocycles. The highest BCUT2D eigenvalue weighted by molar-refractivity contribution is 5.78. The Balaban J connectivity index is 2.46. The van der Waals surface area contributed by atoms with Gasteiger partial charge in [-0.3, -0.25) is 38.8 Å². The number of nitrogens with zero attached hydrogens (tertiary/aromatic N) is 4. The van der Waals surface area contributed by atoms with Gasteiger partial charge in [0.25, 0.3) is 0 Å². The van der Waals surface area contributed by atoms with Crippen molar-refractivity contribution in [2.24, 2.45) is 0 Å². The molecule has 0 spiro atoms. The predicted molar refractivity (Wildman–Crippen MR) is 154 cm³/mol. The molecule has 0 aliphatic carbocycles. The Morgan fingerprint density at radius 1 is 0.558 bits per heavy atom. The van der Waals surface area contributed by atoms with Gasteiger partial charge in [0.1, 0.15) is 6.61 Å². The molecule has 4 N–H and O–H groups in total. The fourth-order valence-corrected chi connectivity index (χ4v) is 4.10.